The molecule has 1 amide bonds. The van der Waals surface area contributed by atoms with Crippen LogP contribution in [0.5, 0.6) is 0 Å². The van der Waals surface area contributed by atoms with Gasteiger partial charge in [0.25, 0.3) is 5.91 Å². The Labute approximate surface area is 152 Å². The molecule has 126 valence electrons. The number of benzene rings is 1. The average molecular weight is 375 g/mol. The van der Waals surface area contributed by atoms with E-state index in [4.69, 9.17) is 11.6 Å². The summed E-state index contributed by atoms with van der Waals surface area (Å²) in [7, 11) is 0. The Morgan fingerprint density at radius 3 is 2.68 bits per heavy atom. The lowest BCUT2D eigenvalue weighted by Crippen LogP contribution is -2.22. The molecule has 0 spiro atoms. The lowest BCUT2D eigenvalue weighted by molar-refractivity contribution is 0.0950. The number of pyridine rings is 1. The first-order valence-electron chi connectivity index (χ1n) is 7.25. The highest BCUT2D eigenvalue weighted by Crippen LogP contribution is 2.25. The van der Waals surface area contributed by atoms with E-state index < -0.39 is 0 Å². The molecule has 0 aliphatic heterocycles. The molecule has 0 bridgehead atoms. The predicted molar refractivity (Wildman–Crippen MR) is 95.4 cm³/mol. The fraction of sp³-hybridized carbons (Fsp3) is 0.0588. The van der Waals surface area contributed by atoms with Crippen molar-refractivity contribution in [3.05, 3.63) is 75.8 Å². The summed E-state index contributed by atoms with van der Waals surface area (Å²) < 4.78 is 12.9. The van der Waals surface area contributed by atoms with E-state index in [1.54, 1.807) is 36.7 Å². The summed E-state index contributed by atoms with van der Waals surface area (Å²) in [5.41, 5.74) is 1.61. The Balaban J connectivity index is 1.65. The van der Waals surface area contributed by atoms with Crippen LogP contribution in [0, 0.1) is 5.82 Å². The van der Waals surface area contributed by atoms with Crippen molar-refractivity contribution in [3.8, 4) is 0 Å². The van der Waals surface area contributed by atoms with Crippen LogP contribution in [0.15, 0.2) is 48.8 Å². The predicted octanol–water partition coefficient (Wildman–Crippen LogP) is 3.74. The summed E-state index contributed by atoms with van der Waals surface area (Å²) in [6.07, 6.45) is 5.04. The van der Waals surface area contributed by atoms with Gasteiger partial charge in [0.05, 0.1) is 5.03 Å². The summed E-state index contributed by atoms with van der Waals surface area (Å²) in [5.74, 6) is -0.683. The molecule has 1 N–H and O–H groups in total. The first-order valence-corrected chi connectivity index (χ1v) is 8.45. The molecule has 0 saturated carbocycles. The zero-order valence-corrected chi connectivity index (χ0v) is 14.4. The third-order valence-corrected chi connectivity index (χ3v) is 4.52. The van der Waals surface area contributed by atoms with Gasteiger partial charge < -0.3 is 5.32 Å². The van der Waals surface area contributed by atoms with E-state index in [0.29, 0.717) is 10.0 Å². The van der Waals surface area contributed by atoms with E-state index in [-0.39, 0.29) is 23.3 Å². The Morgan fingerprint density at radius 2 is 1.96 bits per heavy atom. The average Bonchev–Trinajstić information content (AvgIpc) is 3.12. The smallest absolute Gasteiger partial charge is 0.282 e. The van der Waals surface area contributed by atoms with Gasteiger partial charge in [-0.25, -0.2) is 4.39 Å². The van der Waals surface area contributed by atoms with Crippen molar-refractivity contribution >= 4 is 40.0 Å². The first-order chi connectivity index (χ1) is 12.1. The van der Waals surface area contributed by atoms with Crippen LogP contribution in [0.25, 0.3) is 11.1 Å². The summed E-state index contributed by atoms with van der Waals surface area (Å²) in [6.45, 7) is 0.271. The van der Waals surface area contributed by atoms with Gasteiger partial charge in [0.15, 0.2) is 5.01 Å². The van der Waals surface area contributed by atoms with Gasteiger partial charge in [-0.05, 0) is 35.4 Å². The normalized spacial score (nSPS) is 11.4. The van der Waals surface area contributed by atoms with Gasteiger partial charge in [0.1, 0.15) is 5.82 Å². The number of hydrogen-bond acceptors (Lipinski definition) is 5. The Bertz CT molecular complexity index is 897. The van der Waals surface area contributed by atoms with E-state index in [0.717, 1.165) is 22.5 Å². The van der Waals surface area contributed by atoms with Crippen LogP contribution < -0.4 is 5.32 Å². The SMILES string of the molecule is O=C(NCc1ccc(F)cc1)c1nnc(C(Cl)=Cc2cccnc2)s1. The third kappa shape index (κ3) is 4.68. The summed E-state index contributed by atoms with van der Waals surface area (Å²) in [5, 5.41) is 11.5. The van der Waals surface area contributed by atoms with Gasteiger partial charge in [-0.1, -0.05) is 41.1 Å². The van der Waals surface area contributed by atoms with Crippen LogP contribution in [0.2, 0.25) is 0 Å². The molecule has 2 heterocycles. The van der Waals surface area contributed by atoms with Crippen molar-refractivity contribution in [2.45, 2.75) is 6.54 Å². The van der Waals surface area contributed by atoms with E-state index in [2.05, 4.69) is 20.5 Å². The van der Waals surface area contributed by atoms with Crippen LogP contribution in [-0.4, -0.2) is 21.1 Å². The highest BCUT2D eigenvalue weighted by Gasteiger charge is 2.14. The maximum atomic E-state index is 12.9. The maximum Gasteiger partial charge on any atom is 0.282 e. The highest BCUT2D eigenvalue weighted by atomic mass is 35.5. The largest absolute Gasteiger partial charge is 0.346 e. The molecule has 0 atom stereocenters. The topological polar surface area (TPSA) is 67.8 Å². The molecule has 0 radical (unpaired) electrons. The fourth-order valence-electron chi connectivity index (χ4n) is 1.94. The van der Waals surface area contributed by atoms with Crippen LogP contribution in [0.3, 0.4) is 0 Å². The molecule has 25 heavy (non-hydrogen) atoms. The third-order valence-electron chi connectivity index (χ3n) is 3.17. The zero-order chi connectivity index (χ0) is 17.6. The first kappa shape index (κ1) is 17.2. The van der Waals surface area contributed by atoms with Crippen molar-refractivity contribution in [2.24, 2.45) is 0 Å². The Hall–Kier alpha value is -2.64. The number of carbonyl (C=O) groups excluding carboxylic acids is 1. The lowest BCUT2D eigenvalue weighted by Gasteiger charge is -2.02. The molecule has 0 fully saturated rings. The Kier molecular flexibility index (Phi) is 5.47. The molecule has 0 aliphatic carbocycles. The molecule has 1 aromatic carbocycles. The monoisotopic (exact) mass is 374 g/mol. The Morgan fingerprint density at radius 1 is 1.20 bits per heavy atom. The number of nitrogens with zero attached hydrogens (tertiary/aromatic N) is 3. The number of hydrogen-bond donors (Lipinski definition) is 1. The standard InChI is InChI=1S/C17H12ClFN4OS/c18-14(8-12-2-1-7-20-9-12)16-22-23-17(25-16)15(24)21-10-11-3-5-13(19)6-4-11/h1-9H,10H2,(H,21,24). The molecular formula is C17H12ClFN4OS. The van der Waals surface area contributed by atoms with Crippen LogP contribution in [0.1, 0.15) is 25.9 Å². The van der Waals surface area contributed by atoms with Gasteiger partial charge in [-0.15, -0.1) is 10.2 Å². The van der Waals surface area contributed by atoms with Crippen molar-refractivity contribution in [3.63, 3.8) is 0 Å². The quantitative estimate of drug-likeness (QED) is 0.738. The van der Waals surface area contributed by atoms with Crippen LogP contribution in [0.4, 0.5) is 4.39 Å². The van der Waals surface area contributed by atoms with E-state index >= 15 is 0 Å². The second-order valence-corrected chi connectivity index (χ2v) is 6.38. The molecule has 8 heteroatoms. The minimum Gasteiger partial charge on any atom is -0.346 e. The van der Waals surface area contributed by atoms with Crippen molar-refractivity contribution < 1.29 is 9.18 Å². The molecule has 5 nitrogen and oxygen atoms in total. The summed E-state index contributed by atoms with van der Waals surface area (Å²) in [6, 6.07) is 9.54. The molecule has 0 unspecified atom stereocenters. The van der Waals surface area contributed by atoms with Gasteiger partial charge in [0, 0.05) is 18.9 Å². The number of halogens is 2. The number of rotatable bonds is 5. The minimum absolute atomic E-state index is 0.204. The second-order valence-electron chi connectivity index (χ2n) is 5.00. The van der Waals surface area contributed by atoms with E-state index in [1.807, 2.05) is 6.07 Å². The highest BCUT2D eigenvalue weighted by molar-refractivity contribution is 7.15. The number of carbonyl (C=O) groups is 1. The number of amides is 1. The molecular weight excluding hydrogens is 363 g/mol. The fourth-order valence-corrected chi connectivity index (χ4v) is 2.89. The van der Waals surface area contributed by atoms with E-state index in [9.17, 15) is 9.18 Å². The maximum absolute atomic E-state index is 12.9. The van der Waals surface area contributed by atoms with Crippen LogP contribution >= 0.6 is 22.9 Å². The van der Waals surface area contributed by atoms with Crippen LogP contribution in [-0.2, 0) is 6.54 Å². The van der Waals surface area contributed by atoms with Crippen molar-refractivity contribution in [1.82, 2.24) is 20.5 Å². The second kappa shape index (κ2) is 7.96. The van der Waals surface area contributed by atoms with Gasteiger partial charge in [-0.3, -0.25) is 9.78 Å². The van der Waals surface area contributed by atoms with Crippen molar-refractivity contribution in [1.29, 1.82) is 0 Å². The molecule has 0 saturated heterocycles. The van der Waals surface area contributed by atoms with Crippen molar-refractivity contribution in [2.75, 3.05) is 0 Å². The minimum atomic E-state index is -0.362. The van der Waals surface area contributed by atoms with E-state index in [1.165, 1.54) is 12.1 Å². The van der Waals surface area contributed by atoms with Gasteiger partial charge in [0.2, 0.25) is 5.01 Å². The number of nitrogens with one attached hydrogen (secondary N) is 1. The molecule has 2 aromatic heterocycles. The van der Waals surface area contributed by atoms with Gasteiger partial charge in [-0.2, -0.15) is 0 Å². The molecule has 3 rings (SSSR count). The number of aromatic nitrogens is 3. The lowest BCUT2D eigenvalue weighted by atomic mass is 10.2. The summed E-state index contributed by atoms with van der Waals surface area (Å²) >= 11 is 7.31. The molecule has 0 aliphatic rings. The molecule has 3 aromatic rings. The van der Waals surface area contributed by atoms with Gasteiger partial charge >= 0.3 is 0 Å². The summed E-state index contributed by atoms with van der Waals surface area (Å²) in [4.78, 5) is 16.1. The zero-order valence-electron chi connectivity index (χ0n) is 12.8.